The lowest BCUT2D eigenvalue weighted by atomic mass is 10.2. The lowest BCUT2D eigenvalue weighted by molar-refractivity contribution is 0.00486. The van der Waals surface area contributed by atoms with Crippen LogP contribution in [0, 0.1) is 0 Å². The number of hydrogen-bond acceptors (Lipinski definition) is 3. The molecule has 0 aromatic carbocycles. The molecule has 70 valence electrons. The van der Waals surface area contributed by atoms with E-state index in [4.69, 9.17) is 9.84 Å². The molecule has 1 atom stereocenters. The van der Waals surface area contributed by atoms with Crippen LogP contribution in [0.3, 0.4) is 0 Å². The first-order valence-corrected chi connectivity index (χ1v) is 4.70. The van der Waals surface area contributed by atoms with Gasteiger partial charge in [0.25, 0.3) is 0 Å². The molecule has 1 spiro atoms. The van der Waals surface area contributed by atoms with Crippen LogP contribution in [-0.2, 0) is 4.74 Å². The normalized spacial score (nSPS) is 35.0. The van der Waals surface area contributed by atoms with E-state index < -0.39 is 0 Å². The molecule has 3 heteroatoms. The predicted octanol–water partition coefficient (Wildman–Crippen LogP) is 0.232. The van der Waals surface area contributed by atoms with Crippen molar-refractivity contribution in [3.63, 3.8) is 0 Å². The third-order valence-electron chi connectivity index (χ3n) is 3.21. The minimum Gasteiger partial charge on any atom is -0.394 e. The van der Waals surface area contributed by atoms with Crippen molar-refractivity contribution >= 4 is 0 Å². The Morgan fingerprint density at radius 2 is 2.33 bits per heavy atom. The molecule has 0 radical (unpaired) electrons. The van der Waals surface area contributed by atoms with Crippen LogP contribution in [0.1, 0.15) is 19.3 Å². The minimum absolute atomic E-state index is 0.0763. The summed E-state index contributed by atoms with van der Waals surface area (Å²) in [4.78, 5) is 2.39. The van der Waals surface area contributed by atoms with Crippen LogP contribution in [0.25, 0.3) is 0 Å². The molecule has 0 amide bonds. The fourth-order valence-corrected chi connectivity index (χ4v) is 1.86. The van der Waals surface area contributed by atoms with Crippen molar-refractivity contribution in [1.82, 2.24) is 4.90 Å². The molecular formula is C9H17NO2. The first-order chi connectivity index (χ1) is 5.77. The van der Waals surface area contributed by atoms with E-state index >= 15 is 0 Å². The molecule has 1 saturated carbocycles. The summed E-state index contributed by atoms with van der Waals surface area (Å²) in [5.74, 6) is 0. The second kappa shape index (κ2) is 2.98. The zero-order valence-corrected chi connectivity index (χ0v) is 7.62. The number of aliphatic hydroxyl groups is 1. The maximum Gasteiger partial charge on any atom is 0.0818 e. The SMILES string of the molecule is CN1CCC(CO)OCC12CC2. The van der Waals surface area contributed by atoms with E-state index in [1.54, 1.807) is 0 Å². The standard InChI is InChI=1S/C9H17NO2/c1-10-5-2-8(6-11)12-7-9(10)3-4-9/h8,11H,2-7H2,1H3. The third kappa shape index (κ3) is 1.37. The van der Waals surface area contributed by atoms with Crippen LogP contribution < -0.4 is 0 Å². The smallest absolute Gasteiger partial charge is 0.0818 e. The van der Waals surface area contributed by atoms with Crippen LogP contribution in [0.2, 0.25) is 0 Å². The summed E-state index contributed by atoms with van der Waals surface area (Å²) < 4.78 is 5.61. The number of ether oxygens (including phenoxy) is 1. The van der Waals surface area contributed by atoms with Crippen LogP contribution in [0.5, 0.6) is 0 Å². The molecule has 1 heterocycles. The van der Waals surface area contributed by atoms with E-state index in [0.29, 0.717) is 5.54 Å². The lowest BCUT2D eigenvalue weighted by Crippen LogP contribution is -2.36. The summed E-state index contributed by atoms with van der Waals surface area (Å²) in [6, 6.07) is 0. The zero-order chi connectivity index (χ0) is 8.60. The largest absolute Gasteiger partial charge is 0.394 e. The summed E-state index contributed by atoms with van der Waals surface area (Å²) >= 11 is 0. The average molecular weight is 171 g/mol. The van der Waals surface area contributed by atoms with Crippen LogP contribution >= 0.6 is 0 Å². The van der Waals surface area contributed by atoms with Gasteiger partial charge in [-0.25, -0.2) is 0 Å². The van der Waals surface area contributed by atoms with Crippen molar-refractivity contribution < 1.29 is 9.84 Å². The van der Waals surface area contributed by atoms with Crippen molar-refractivity contribution in [2.45, 2.75) is 30.9 Å². The van der Waals surface area contributed by atoms with Gasteiger partial charge in [0.05, 0.1) is 19.3 Å². The van der Waals surface area contributed by atoms with Crippen molar-refractivity contribution in [3.8, 4) is 0 Å². The summed E-state index contributed by atoms with van der Waals surface area (Å²) in [5.41, 5.74) is 0.351. The molecule has 2 rings (SSSR count). The quantitative estimate of drug-likeness (QED) is 0.613. The van der Waals surface area contributed by atoms with E-state index in [0.717, 1.165) is 19.6 Å². The Morgan fingerprint density at radius 3 is 2.92 bits per heavy atom. The van der Waals surface area contributed by atoms with Gasteiger partial charge in [-0.15, -0.1) is 0 Å². The topological polar surface area (TPSA) is 32.7 Å². The average Bonchev–Trinajstić information content (AvgIpc) is 2.86. The fraction of sp³-hybridized carbons (Fsp3) is 1.00. The summed E-state index contributed by atoms with van der Waals surface area (Å²) in [6.45, 7) is 2.05. The van der Waals surface area contributed by atoms with Gasteiger partial charge in [0.1, 0.15) is 0 Å². The van der Waals surface area contributed by atoms with Crippen molar-refractivity contribution in [1.29, 1.82) is 0 Å². The highest BCUT2D eigenvalue weighted by molar-refractivity contribution is 5.04. The van der Waals surface area contributed by atoms with Gasteiger partial charge in [0, 0.05) is 12.1 Å². The summed E-state index contributed by atoms with van der Waals surface area (Å²) in [6.07, 6.45) is 3.57. The predicted molar refractivity (Wildman–Crippen MR) is 46.0 cm³/mol. The molecular weight excluding hydrogens is 154 g/mol. The van der Waals surface area contributed by atoms with Gasteiger partial charge in [0.2, 0.25) is 0 Å². The van der Waals surface area contributed by atoms with E-state index in [1.807, 2.05) is 0 Å². The molecule has 0 aromatic heterocycles. The number of nitrogens with zero attached hydrogens (tertiary/aromatic N) is 1. The van der Waals surface area contributed by atoms with Gasteiger partial charge in [-0.05, 0) is 26.3 Å². The molecule has 3 nitrogen and oxygen atoms in total. The number of likely N-dealkylation sites (N-methyl/N-ethyl adjacent to an activating group) is 1. The Labute approximate surface area is 73.3 Å². The zero-order valence-electron chi connectivity index (χ0n) is 7.62. The van der Waals surface area contributed by atoms with Gasteiger partial charge in [-0.3, -0.25) is 4.90 Å². The molecule has 1 aliphatic carbocycles. The van der Waals surface area contributed by atoms with E-state index in [9.17, 15) is 0 Å². The van der Waals surface area contributed by atoms with Crippen LogP contribution in [-0.4, -0.2) is 48.5 Å². The molecule has 1 unspecified atom stereocenters. The van der Waals surface area contributed by atoms with Crippen molar-refractivity contribution in [2.24, 2.45) is 0 Å². The van der Waals surface area contributed by atoms with Gasteiger partial charge in [-0.1, -0.05) is 0 Å². The monoisotopic (exact) mass is 171 g/mol. The highest BCUT2D eigenvalue weighted by Gasteiger charge is 2.48. The number of rotatable bonds is 1. The Morgan fingerprint density at radius 1 is 1.58 bits per heavy atom. The van der Waals surface area contributed by atoms with E-state index in [1.165, 1.54) is 12.8 Å². The molecule has 1 saturated heterocycles. The highest BCUT2D eigenvalue weighted by atomic mass is 16.5. The molecule has 12 heavy (non-hydrogen) atoms. The Bertz CT molecular complexity index is 168. The molecule has 0 aromatic rings. The minimum atomic E-state index is 0.0763. The lowest BCUT2D eigenvalue weighted by Gasteiger charge is -2.23. The second-order valence-corrected chi connectivity index (χ2v) is 4.05. The van der Waals surface area contributed by atoms with Gasteiger partial charge in [0.15, 0.2) is 0 Å². The van der Waals surface area contributed by atoms with Gasteiger partial charge >= 0.3 is 0 Å². The highest BCUT2D eigenvalue weighted by Crippen LogP contribution is 2.42. The first-order valence-electron chi connectivity index (χ1n) is 4.70. The first kappa shape index (κ1) is 8.48. The molecule has 1 N–H and O–H groups in total. The van der Waals surface area contributed by atoms with Gasteiger partial charge < -0.3 is 9.84 Å². The maximum absolute atomic E-state index is 8.95. The van der Waals surface area contributed by atoms with E-state index in [-0.39, 0.29) is 12.7 Å². The van der Waals surface area contributed by atoms with Gasteiger partial charge in [-0.2, -0.15) is 0 Å². The second-order valence-electron chi connectivity index (χ2n) is 4.05. The summed E-state index contributed by atoms with van der Waals surface area (Å²) in [5, 5.41) is 8.95. The van der Waals surface area contributed by atoms with Crippen molar-refractivity contribution in [2.75, 3.05) is 26.8 Å². The molecule has 2 fully saturated rings. The number of aliphatic hydroxyl groups excluding tert-OH is 1. The number of hydrogen-bond donors (Lipinski definition) is 1. The maximum atomic E-state index is 8.95. The van der Waals surface area contributed by atoms with E-state index in [2.05, 4.69) is 11.9 Å². The molecule has 2 aliphatic rings. The Kier molecular flexibility index (Phi) is 2.10. The van der Waals surface area contributed by atoms with Crippen LogP contribution in [0.15, 0.2) is 0 Å². The van der Waals surface area contributed by atoms with Crippen molar-refractivity contribution in [3.05, 3.63) is 0 Å². The molecule has 0 bridgehead atoms. The molecule has 1 aliphatic heterocycles. The summed E-state index contributed by atoms with van der Waals surface area (Å²) in [7, 11) is 2.16. The van der Waals surface area contributed by atoms with Crippen LogP contribution in [0.4, 0.5) is 0 Å². The fourth-order valence-electron chi connectivity index (χ4n) is 1.86. The third-order valence-corrected chi connectivity index (χ3v) is 3.21. The Balaban J connectivity index is 1.96. The Hall–Kier alpha value is -0.120.